The maximum atomic E-state index is 12.9. The van der Waals surface area contributed by atoms with Crippen LogP contribution in [0.5, 0.6) is 0 Å². The molecule has 3 rings (SSSR count). The predicted octanol–water partition coefficient (Wildman–Crippen LogP) is 1.79. The third-order valence-corrected chi connectivity index (χ3v) is 6.47. The first-order valence-corrected chi connectivity index (χ1v) is 10.1. The number of rotatable bonds is 4. The van der Waals surface area contributed by atoms with Gasteiger partial charge in [0.15, 0.2) is 5.82 Å². The van der Waals surface area contributed by atoms with Crippen LogP contribution in [0.1, 0.15) is 12.5 Å². The van der Waals surface area contributed by atoms with Crippen LogP contribution in [-0.2, 0) is 22.7 Å². The van der Waals surface area contributed by atoms with Gasteiger partial charge in [-0.15, -0.1) is 0 Å². The average molecular weight is 416 g/mol. The third kappa shape index (κ3) is 3.90. The highest BCUT2D eigenvalue weighted by Crippen LogP contribution is 2.31. The SMILES string of the molecule is CCn1ccnc(N2CCN(S(=O)(=O)c3cccc(C(F)(F)F)c3)CC2)c1=O. The predicted molar refractivity (Wildman–Crippen MR) is 96.6 cm³/mol. The number of hydrogen-bond donors (Lipinski definition) is 0. The zero-order valence-corrected chi connectivity index (χ0v) is 15.9. The Bertz CT molecular complexity index is 1010. The number of benzene rings is 1. The van der Waals surface area contributed by atoms with Crippen molar-refractivity contribution in [1.82, 2.24) is 13.9 Å². The quantitative estimate of drug-likeness (QED) is 0.760. The molecule has 1 saturated heterocycles. The summed E-state index contributed by atoms with van der Waals surface area (Å²) in [6.45, 7) is 2.83. The lowest BCUT2D eigenvalue weighted by atomic mass is 10.2. The Kier molecular flexibility index (Phi) is 5.48. The minimum Gasteiger partial charge on any atom is -0.349 e. The molecule has 0 atom stereocenters. The van der Waals surface area contributed by atoms with Gasteiger partial charge in [-0.1, -0.05) is 6.07 Å². The summed E-state index contributed by atoms with van der Waals surface area (Å²) in [5.74, 6) is 0.237. The number of anilines is 1. The molecule has 0 radical (unpaired) electrons. The van der Waals surface area contributed by atoms with Gasteiger partial charge >= 0.3 is 6.18 Å². The van der Waals surface area contributed by atoms with E-state index in [-0.39, 0.29) is 37.6 Å². The van der Waals surface area contributed by atoms with Crippen LogP contribution in [-0.4, -0.2) is 48.5 Å². The largest absolute Gasteiger partial charge is 0.416 e. The van der Waals surface area contributed by atoms with Gasteiger partial charge in [0, 0.05) is 45.1 Å². The summed E-state index contributed by atoms with van der Waals surface area (Å²) in [5, 5.41) is 0. The summed E-state index contributed by atoms with van der Waals surface area (Å²) in [6.07, 6.45) is -1.55. The molecule has 0 spiro atoms. The second kappa shape index (κ2) is 7.55. The molecular formula is C17H19F3N4O3S. The zero-order valence-electron chi connectivity index (χ0n) is 15.1. The summed E-state index contributed by atoms with van der Waals surface area (Å²) in [5.41, 5.74) is -1.28. The van der Waals surface area contributed by atoms with Crippen LogP contribution in [0.2, 0.25) is 0 Å². The van der Waals surface area contributed by atoms with Gasteiger partial charge in [0.1, 0.15) is 0 Å². The fourth-order valence-corrected chi connectivity index (χ4v) is 4.49. The molecule has 2 aromatic rings. The fraction of sp³-hybridized carbons (Fsp3) is 0.412. The molecule has 7 nitrogen and oxygen atoms in total. The molecular weight excluding hydrogens is 397 g/mol. The molecule has 1 aromatic carbocycles. The molecule has 152 valence electrons. The number of hydrogen-bond acceptors (Lipinski definition) is 5. The van der Waals surface area contributed by atoms with E-state index in [1.807, 2.05) is 6.92 Å². The van der Waals surface area contributed by atoms with Crippen LogP contribution >= 0.6 is 0 Å². The molecule has 0 amide bonds. The first-order valence-electron chi connectivity index (χ1n) is 8.62. The van der Waals surface area contributed by atoms with Crippen molar-refractivity contribution in [2.75, 3.05) is 31.1 Å². The number of nitrogens with zero attached hydrogens (tertiary/aromatic N) is 4. The van der Waals surface area contributed by atoms with Crippen LogP contribution in [0.3, 0.4) is 0 Å². The lowest BCUT2D eigenvalue weighted by molar-refractivity contribution is -0.137. The highest BCUT2D eigenvalue weighted by Gasteiger charge is 2.34. The minimum absolute atomic E-state index is 0.0424. The summed E-state index contributed by atoms with van der Waals surface area (Å²) >= 11 is 0. The van der Waals surface area contributed by atoms with Crippen LogP contribution < -0.4 is 10.5 Å². The maximum absolute atomic E-state index is 12.9. The van der Waals surface area contributed by atoms with Gasteiger partial charge in [-0.05, 0) is 25.1 Å². The molecule has 0 aliphatic carbocycles. The van der Waals surface area contributed by atoms with Crippen molar-refractivity contribution in [1.29, 1.82) is 0 Å². The van der Waals surface area contributed by atoms with E-state index in [4.69, 9.17) is 0 Å². The maximum Gasteiger partial charge on any atom is 0.416 e. The summed E-state index contributed by atoms with van der Waals surface area (Å²) < 4.78 is 66.7. The Balaban J connectivity index is 1.79. The number of aromatic nitrogens is 2. The van der Waals surface area contributed by atoms with E-state index >= 15 is 0 Å². The van der Waals surface area contributed by atoms with Gasteiger partial charge in [-0.2, -0.15) is 17.5 Å². The Morgan fingerprint density at radius 1 is 1.14 bits per heavy atom. The van der Waals surface area contributed by atoms with E-state index in [1.54, 1.807) is 11.1 Å². The number of sulfonamides is 1. The average Bonchev–Trinajstić information content (AvgIpc) is 2.68. The molecule has 1 aliphatic heterocycles. The second-order valence-electron chi connectivity index (χ2n) is 6.26. The van der Waals surface area contributed by atoms with Crippen molar-refractivity contribution in [3.05, 3.63) is 52.6 Å². The monoisotopic (exact) mass is 416 g/mol. The number of piperazine rings is 1. The van der Waals surface area contributed by atoms with Crippen molar-refractivity contribution >= 4 is 15.8 Å². The Morgan fingerprint density at radius 2 is 1.82 bits per heavy atom. The van der Waals surface area contributed by atoms with Gasteiger partial charge in [-0.25, -0.2) is 13.4 Å². The molecule has 11 heteroatoms. The smallest absolute Gasteiger partial charge is 0.349 e. The molecule has 28 heavy (non-hydrogen) atoms. The first kappa shape index (κ1) is 20.3. The Morgan fingerprint density at radius 3 is 2.43 bits per heavy atom. The van der Waals surface area contributed by atoms with Gasteiger partial charge in [0.25, 0.3) is 5.56 Å². The van der Waals surface area contributed by atoms with Crippen LogP contribution in [0.4, 0.5) is 19.0 Å². The normalized spacial score (nSPS) is 16.4. The van der Waals surface area contributed by atoms with Crippen molar-refractivity contribution < 1.29 is 21.6 Å². The zero-order chi connectivity index (χ0) is 20.5. The standard InChI is InChI=1S/C17H19F3N4O3S/c1-2-22-7-6-21-15(16(22)25)23-8-10-24(11-9-23)28(26,27)14-5-3-4-13(12-14)17(18,19)20/h3-7,12H,2,8-11H2,1H3. The van der Waals surface area contributed by atoms with Crippen LogP contribution in [0.15, 0.2) is 46.3 Å². The lowest BCUT2D eigenvalue weighted by Crippen LogP contribution is -2.50. The number of alkyl halides is 3. The number of aryl methyl sites for hydroxylation is 1. The van der Waals surface area contributed by atoms with Crippen molar-refractivity contribution in [2.45, 2.75) is 24.5 Å². The molecule has 0 saturated carbocycles. The molecule has 1 fully saturated rings. The summed E-state index contributed by atoms with van der Waals surface area (Å²) in [6, 6.07) is 3.69. The van der Waals surface area contributed by atoms with Gasteiger partial charge < -0.3 is 9.47 Å². The molecule has 0 unspecified atom stereocenters. The van der Waals surface area contributed by atoms with Gasteiger partial charge in [-0.3, -0.25) is 4.79 Å². The number of halogens is 3. The Labute approximate surface area is 160 Å². The third-order valence-electron chi connectivity index (χ3n) is 4.57. The van der Waals surface area contributed by atoms with E-state index < -0.39 is 26.7 Å². The van der Waals surface area contributed by atoms with E-state index in [2.05, 4.69) is 4.98 Å². The molecule has 2 heterocycles. The van der Waals surface area contributed by atoms with Crippen LogP contribution in [0, 0.1) is 0 Å². The van der Waals surface area contributed by atoms with Crippen molar-refractivity contribution in [3.63, 3.8) is 0 Å². The van der Waals surface area contributed by atoms with Crippen molar-refractivity contribution in [3.8, 4) is 0 Å². The first-order chi connectivity index (χ1) is 13.1. The summed E-state index contributed by atoms with van der Waals surface area (Å²) in [7, 11) is -4.07. The summed E-state index contributed by atoms with van der Waals surface area (Å²) in [4.78, 5) is 17.7. The second-order valence-corrected chi connectivity index (χ2v) is 8.20. The molecule has 0 bridgehead atoms. The van der Waals surface area contributed by atoms with Gasteiger partial charge in [0.05, 0.1) is 10.5 Å². The van der Waals surface area contributed by atoms with E-state index in [1.165, 1.54) is 10.8 Å². The van der Waals surface area contributed by atoms with Gasteiger partial charge in [0.2, 0.25) is 10.0 Å². The highest BCUT2D eigenvalue weighted by atomic mass is 32.2. The molecule has 1 aliphatic rings. The van der Waals surface area contributed by atoms with Crippen LogP contribution in [0.25, 0.3) is 0 Å². The van der Waals surface area contributed by atoms with E-state index in [0.717, 1.165) is 22.5 Å². The van der Waals surface area contributed by atoms with Crippen molar-refractivity contribution in [2.24, 2.45) is 0 Å². The highest BCUT2D eigenvalue weighted by molar-refractivity contribution is 7.89. The van der Waals surface area contributed by atoms with E-state index in [0.29, 0.717) is 12.6 Å². The molecule has 0 N–H and O–H groups in total. The molecule has 1 aromatic heterocycles. The Hall–Kier alpha value is -2.40. The van der Waals surface area contributed by atoms with E-state index in [9.17, 15) is 26.4 Å². The lowest BCUT2D eigenvalue weighted by Gasteiger charge is -2.34. The minimum atomic E-state index is -4.62. The fourth-order valence-electron chi connectivity index (χ4n) is 3.02. The topological polar surface area (TPSA) is 75.5 Å².